The molecule has 1 saturated heterocycles. The van der Waals surface area contributed by atoms with Crippen LogP contribution in [0.5, 0.6) is 0 Å². The first-order valence-electron chi connectivity index (χ1n) is 20.7. The molecule has 3 nitrogen and oxygen atoms in total. The van der Waals surface area contributed by atoms with Gasteiger partial charge in [0.25, 0.3) is 0 Å². The highest BCUT2D eigenvalue weighted by Gasteiger charge is 2.40. The number of hydrogen-bond donors (Lipinski definition) is 0. The lowest BCUT2D eigenvalue weighted by atomic mass is 9.98. The van der Waals surface area contributed by atoms with Crippen LogP contribution in [-0.2, 0) is 9.47 Å². The van der Waals surface area contributed by atoms with E-state index in [2.05, 4.69) is 76.6 Å². The van der Waals surface area contributed by atoms with Crippen LogP contribution in [0, 0.1) is 11.8 Å². The summed E-state index contributed by atoms with van der Waals surface area (Å²) in [5, 5.41) is 0. The molecule has 1 heterocycles. The maximum Gasteiger partial charge on any atom is 0.0839 e. The third kappa shape index (κ3) is 31.1. The van der Waals surface area contributed by atoms with Gasteiger partial charge in [0.2, 0.25) is 0 Å². The summed E-state index contributed by atoms with van der Waals surface area (Å²) >= 11 is 0. The average Bonchev–Trinajstić information content (AvgIpc) is 3.36. The Hall–Kier alpha value is -0.870. The van der Waals surface area contributed by atoms with E-state index in [-0.39, 0.29) is 12.4 Å². The lowest BCUT2D eigenvalue weighted by Gasteiger charge is -2.23. The number of quaternary nitrogens is 1. The fourth-order valence-corrected chi connectivity index (χ4v) is 6.87. The molecular formula is C44H82ClNO2. The van der Waals surface area contributed by atoms with Crippen LogP contribution in [0.4, 0.5) is 0 Å². The maximum absolute atomic E-state index is 6.21. The van der Waals surface area contributed by atoms with E-state index in [0.29, 0.717) is 11.8 Å². The van der Waals surface area contributed by atoms with Gasteiger partial charge in [-0.05, 0) is 77.0 Å². The predicted molar refractivity (Wildman–Crippen MR) is 209 cm³/mol. The van der Waals surface area contributed by atoms with Gasteiger partial charge in [0.1, 0.15) is 0 Å². The molecule has 0 N–H and O–H groups in total. The van der Waals surface area contributed by atoms with Crippen molar-refractivity contribution in [2.45, 2.75) is 168 Å². The van der Waals surface area contributed by atoms with Crippen LogP contribution >= 0.6 is 0 Å². The van der Waals surface area contributed by atoms with Crippen molar-refractivity contribution in [2.24, 2.45) is 11.8 Å². The molecule has 1 aliphatic heterocycles. The van der Waals surface area contributed by atoms with Gasteiger partial charge in [-0.15, -0.1) is 0 Å². The molecule has 0 saturated carbocycles. The third-order valence-corrected chi connectivity index (χ3v) is 9.77. The van der Waals surface area contributed by atoms with Gasteiger partial charge >= 0.3 is 0 Å². The molecule has 48 heavy (non-hydrogen) atoms. The lowest BCUT2D eigenvalue weighted by molar-refractivity contribution is -0.880. The van der Waals surface area contributed by atoms with Crippen molar-refractivity contribution in [2.75, 3.05) is 53.6 Å². The molecule has 282 valence electrons. The molecule has 2 atom stereocenters. The third-order valence-electron chi connectivity index (χ3n) is 9.77. The van der Waals surface area contributed by atoms with Crippen LogP contribution in [0.2, 0.25) is 0 Å². The fourth-order valence-electron chi connectivity index (χ4n) is 6.87. The van der Waals surface area contributed by atoms with Crippen LogP contribution < -0.4 is 12.4 Å². The summed E-state index contributed by atoms with van der Waals surface area (Å²) in [4.78, 5) is 0. The Balaban J connectivity index is 0.0000221. The summed E-state index contributed by atoms with van der Waals surface area (Å²) in [6.45, 7) is 10.7. The number of nitrogens with zero attached hydrogens (tertiary/aromatic N) is 1. The van der Waals surface area contributed by atoms with Crippen molar-refractivity contribution < 1.29 is 26.4 Å². The number of allylic oxidation sites excluding steroid dienone is 8. The summed E-state index contributed by atoms with van der Waals surface area (Å²) in [6.07, 6.45) is 49.9. The molecule has 0 aromatic rings. The van der Waals surface area contributed by atoms with Gasteiger partial charge in [0.15, 0.2) is 0 Å². The summed E-state index contributed by atoms with van der Waals surface area (Å²) in [7, 11) is 4.75. The van der Waals surface area contributed by atoms with E-state index in [1.54, 1.807) is 0 Å². The molecule has 0 radical (unpaired) electrons. The normalized spacial score (nSPS) is 17.9. The minimum absolute atomic E-state index is 0. The monoisotopic (exact) mass is 692 g/mol. The Labute approximate surface area is 307 Å². The number of rotatable bonds is 34. The van der Waals surface area contributed by atoms with Gasteiger partial charge in [0, 0.05) is 25.0 Å². The minimum atomic E-state index is 0. The van der Waals surface area contributed by atoms with E-state index in [1.807, 2.05) is 0 Å². The second-order valence-electron chi connectivity index (χ2n) is 15.1. The summed E-state index contributed by atoms with van der Waals surface area (Å²) in [6, 6.07) is 0. The zero-order valence-electron chi connectivity index (χ0n) is 32.6. The van der Waals surface area contributed by atoms with Crippen LogP contribution in [0.1, 0.15) is 168 Å². The molecule has 0 bridgehead atoms. The van der Waals surface area contributed by atoms with Crippen molar-refractivity contribution >= 4 is 0 Å². The Bertz CT molecular complexity index is 712. The Morgan fingerprint density at radius 2 is 0.750 bits per heavy atom. The number of hydrogen-bond acceptors (Lipinski definition) is 2. The zero-order chi connectivity index (χ0) is 33.9. The number of likely N-dealkylation sites (tertiary alicyclic amines) is 1. The molecule has 0 aromatic heterocycles. The number of ether oxygens (including phenoxy) is 2. The van der Waals surface area contributed by atoms with E-state index >= 15 is 0 Å². The first kappa shape index (κ1) is 47.1. The molecule has 0 aliphatic carbocycles. The van der Waals surface area contributed by atoms with Crippen molar-refractivity contribution in [3.63, 3.8) is 0 Å². The van der Waals surface area contributed by atoms with Gasteiger partial charge in [-0.25, -0.2) is 0 Å². The van der Waals surface area contributed by atoms with Gasteiger partial charge < -0.3 is 26.4 Å². The SMILES string of the molecule is CCCCCC=CCC=CCCCCCCCCOC[C@@H]1C[N+](C)(C)C[C@H]1COCCCCCCCCC=CCC=CCCCCC.[Cl-]. The van der Waals surface area contributed by atoms with E-state index in [4.69, 9.17) is 9.47 Å². The van der Waals surface area contributed by atoms with Crippen molar-refractivity contribution in [3.8, 4) is 0 Å². The lowest BCUT2D eigenvalue weighted by Crippen LogP contribution is -3.00. The second-order valence-corrected chi connectivity index (χ2v) is 15.1. The van der Waals surface area contributed by atoms with Crippen LogP contribution in [-0.4, -0.2) is 58.1 Å². The Morgan fingerprint density at radius 3 is 1.10 bits per heavy atom. The molecule has 1 aliphatic rings. The molecule has 1 fully saturated rings. The smallest absolute Gasteiger partial charge is 0.0839 e. The van der Waals surface area contributed by atoms with Crippen molar-refractivity contribution in [1.29, 1.82) is 0 Å². The Kier molecular flexibility index (Phi) is 35.3. The van der Waals surface area contributed by atoms with Crippen molar-refractivity contribution in [3.05, 3.63) is 48.6 Å². The zero-order valence-corrected chi connectivity index (χ0v) is 33.4. The van der Waals surface area contributed by atoms with E-state index < -0.39 is 0 Å². The number of halogens is 1. The highest BCUT2D eigenvalue weighted by Crippen LogP contribution is 2.28. The topological polar surface area (TPSA) is 18.5 Å². The molecule has 0 spiro atoms. The van der Waals surface area contributed by atoms with Crippen LogP contribution in [0.15, 0.2) is 48.6 Å². The first-order chi connectivity index (χ1) is 23.1. The summed E-state index contributed by atoms with van der Waals surface area (Å²) in [5.41, 5.74) is 0. The van der Waals surface area contributed by atoms with Crippen LogP contribution in [0.3, 0.4) is 0 Å². The average molecular weight is 693 g/mol. The minimum Gasteiger partial charge on any atom is -1.00 e. The van der Waals surface area contributed by atoms with Gasteiger partial charge in [0.05, 0.1) is 40.4 Å². The maximum atomic E-state index is 6.21. The largest absolute Gasteiger partial charge is 1.00 e. The van der Waals surface area contributed by atoms with Gasteiger partial charge in [-0.3, -0.25) is 0 Å². The fraction of sp³-hybridized carbons (Fsp3) is 0.818. The summed E-state index contributed by atoms with van der Waals surface area (Å²) in [5.74, 6) is 1.29. The molecule has 0 aromatic carbocycles. The van der Waals surface area contributed by atoms with Crippen molar-refractivity contribution in [1.82, 2.24) is 0 Å². The van der Waals surface area contributed by atoms with Gasteiger partial charge in [-0.2, -0.15) is 0 Å². The Morgan fingerprint density at radius 1 is 0.438 bits per heavy atom. The molecule has 0 amide bonds. The molecule has 4 heteroatoms. The standard InChI is InChI=1S/C44H82NO2.ClH/c1-5-7-9-11-13-15-17-19-21-23-25-27-29-31-33-35-37-46-41-43-39-45(3,4)40-44(43)42-47-38-36-34-32-30-28-26-24-22-20-18-16-14-12-10-8-6-2;/h13-16,19-22,43-44H,5-12,17-18,23-42H2,1-4H3;1H/q+1;/p-1/t43-,44-;/m0./s1. The van der Waals surface area contributed by atoms with E-state index in [0.717, 1.165) is 43.8 Å². The first-order valence-corrected chi connectivity index (χ1v) is 20.7. The number of unbranched alkanes of at least 4 members (excludes halogenated alkanes) is 18. The molecular weight excluding hydrogens is 610 g/mol. The van der Waals surface area contributed by atoms with E-state index in [1.165, 1.54) is 154 Å². The molecule has 0 unspecified atom stereocenters. The van der Waals surface area contributed by atoms with Crippen LogP contribution in [0.25, 0.3) is 0 Å². The van der Waals surface area contributed by atoms with E-state index in [9.17, 15) is 0 Å². The highest BCUT2D eigenvalue weighted by molar-refractivity contribution is 4.93. The quantitative estimate of drug-likeness (QED) is 0.0380. The summed E-state index contributed by atoms with van der Waals surface area (Å²) < 4.78 is 13.5. The molecule has 1 rings (SSSR count). The predicted octanol–water partition coefficient (Wildman–Crippen LogP) is 9.97. The second kappa shape index (κ2) is 35.9. The van der Waals surface area contributed by atoms with Gasteiger partial charge in [-0.1, -0.05) is 140 Å². The highest BCUT2D eigenvalue weighted by atomic mass is 35.5.